The number of halogens is 1. The number of methoxy groups -OCH3 is 1. The molecule has 0 spiro atoms. The van der Waals surface area contributed by atoms with Crippen LogP contribution in [0.1, 0.15) is 28.6 Å². The summed E-state index contributed by atoms with van der Waals surface area (Å²) in [5.41, 5.74) is 0.384. The maximum Gasteiger partial charge on any atom is 0.199 e. The number of rotatable bonds is 4. The van der Waals surface area contributed by atoms with Crippen LogP contribution >= 0.6 is 0 Å². The second kappa shape index (κ2) is 5.04. The number of carbonyl (C=O) groups is 1. The third-order valence-corrected chi connectivity index (χ3v) is 2.74. The van der Waals surface area contributed by atoms with Crippen LogP contribution in [0.3, 0.4) is 0 Å². The van der Waals surface area contributed by atoms with E-state index in [2.05, 4.69) is 0 Å². The lowest BCUT2D eigenvalue weighted by molar-refractivity contribution is 0.103. The minimum atomic E-state index is -0.645. The maximum atomic E-state index is 14.0. The summed E-state index contributed by atoms with van der Waals surface area (Å²) >= 11 is 0. The lowest BCUT2D eigenvalue weighted by atomic mass is 10.0. The molecule has 0 amide bonds. The highest BCUT2D eigenvalue weighted by atomic mass is 19.1. The normalized spacial score (nSPS) is 10.4. The summed E-state index contributed by atoms with van der Waals surface area (Å²) in [5, 5.41) is 0. The Labute approximate surface area is 104 Å². The van der Waals surface area contributed by atoms with E-state index in [1.165, 1.54) is 25.5 Å². The van der Waals surface area contributed by atoms with Crippen molar-refractivity contribution in [1.82, 2.24) is 0 Å². The molecule has 1 heterocycles. The number of ketones is 1. The van der Waals surface area contributed by atoms with Crippen molar-refractivity contribution in [1.29, 1.82) is 0 Å². The number of hydrogen-bond donors (Lipinski definition) is 0. The van der Waals surface area contributed by atoms with E-state index in [9.17, 15) is 9.18 Å². The van der Waals surface area contributed by atoms with Gasteiger partial charge >= 0.3 is 0 Å². The molecule has 1 aromatic heterocycles. The molecule has 2 rings (SSSR count). The average molecular weight is 248 g/mol. The van der Waals surface area contributed by atoms with E-state index in [0.29, 0.717) is 17.7 Å². The summed E-state index contributed by atoms with van der Waals surface area (Å²) in [6, 6.07) is 6.05. The van der Waals surface area contributed by atoms with Crippen LogP contribution in [0.15, 0.2) is 34.9 Å². The summed E-state index contributed by atoms with van der Waals surface area (Å²) in [7, 11) is 1.36. The van der Waals surface area contributed by atoms with Crippen molar-refractivity contribution in [2.75, 3.05) is 7.11 Å². The van der Waals surface area contributed by atoms with E-state index in [4.69, 9.17) is 9.15 Å². The van der Waals surface area contributed by atoms with Gasteiger partial charge in [0.15, 0.2) is 17.3 Å². The molecule has 0 saturated carbocycles. The van der Waals surface area contributed by atoms with Gasteiger partial charge in [0.05, 0.1) is 24.5 Å². The molecule has 94 valence electrons. The fourth-order valence-electron chi connectivity index (χ4n) is 1.81. The van der Waals surface area contributed by atoms with E-state index in [1.807, 2.05) is 6.92 Å². The largest absolute Gasteiger partial charge is 0.494 e. The van der Waals surface area contributed by atoms with Gasteiger partial charge in [0, 0.05) is 6.42 Å². The summed E-state index contributed by atoms with van der Waals surface area (Å²) in [6.45, 7) is 1.87. The van der Waals surface area contributed by atoms with Crippen LogP contribution in [0.2, 0.25) is 0 Å². The van der Waals surface area contributed by atoms with E-state index in [0.717, 1.165) is 0 Å². The van der Waals surface area contributed by atoms with Crippen molar-refractivity contribution in [3.63, 3.8) is 0 Å². The van der Waals surface area contributed by atoms with Crippen molar-refractivity contribution in [3.05, 3.63) is 53.2 Å². The fraction of sp³-hybridized carbons (Fsp3) is 0.214. The third-order valence-electron chi connectivity index (χ3n) is 2.74. The van der Waals surface area contributed by atoms with Crippen LogP contribution in [0.25, 0.3) is 0 Å². The van der Waals surface area contributed by atoms with Crippen LogP contribution in [0.5, 0.6) is 5.75 Å². The van der Waals surface area contributed by atoms with Crippen LogP contribution in [0.4, 0.5) is 4.39 Å². The SMILES string of the molecule is CCc1occc1C(=O)c1cccc(OC)c1F. The molecule has 0 radical (unpaired) electrons. The molecule has 0 aliphatic rings. The van der Waals surface area contributed by atoms with Gasteiger partial charge in [-0.05, 0) is 18.2 Å². The monoisotopic (exact) mass is 248 g/mol. The predicted molar refractivity (Wildman–Crippen MR) is 64.5 cm³/mol. The quantitative estimate of drug-likeness (QED) is 0.780. The van der Waals surface area contributed by atoms with Gasteiger partial charge in [-0.15, -0.1) is 0 Å². The molecule has 0 aliphatic carbocycles. The van der Waals surface area contributed by atoms with Gasteiger partial charge in [0.1, 0.15) is 5.76 Å². The van der Waals surface area contributed by atoms with Crippen LogP contribution in [-0.4, -0.2) is 12.9 Å². The standard InChI is InChI=1S/C14H13FO3/c1-3-11-9(7-8-18-11)14(16)10-5-4-6-12(17-2)13(10)15/h4-8H,3H2,1-2H3. The summed E-state index contributed by atoms with van der Waals surface area (Å²) in [6.07, 6.45) is 2.02. The fourth-order valence-corrected chi connectivity index (χ4v) is 1.81. The Morgan fingerprint density at radius 3 is 2.78 bits per heavy atom. The molecule has 0 unspecified atom stereocenters. The van der Waals surface area contributed by atoms with Gasteiger partial charge in [0.2, 0.25) is 0 Å². The second-order valence-electron chi connectivity index (χ2n) is 3.76. The molecular formula is C14H13FO3. The first-order chi connectivity index (χ1) is 8.69. The van der Waals surface area contributed by atoms with Gasteiger partial charge < -0.3 is 9.15 Å². The molecule has 0 fully saturated rings. The third kappa shape index (κ3) is 2.01. The van der Waals surface area contributed by atoms with Crippen LogP contribution in [0, 0.1) is 5.82 Å². The van der Waals surface area contributed by atoms with Crippen molar-refractivity contribution in [2.24, 2.45) is 0 Å². The summed E-state index contributed by atoms with van der Waals surface area (Å²) in [5.74, 6) is -0.421. The van der Waals surface area contributed by atoms with E-state index >= 15 is 0 Å². The first kappa shape index (κ1) is 12.4. The first-order valence-corrected chi connectivity index (χ1v) is 5.62. The van der Waals surface area contributed by atoms with Crippen molar-refractivity contribution in [2.45, 2.75) is 13.3 Å². The number of furan rings is 1. The number of hydrogen-bond acceptors (Lipinski definition) is 3. The molecule has 4 heteroatoms. The maximum absolute atomic E-state index is 14.0. The van der Waals surface area contributed by atoms with Gasteiger partial charge in [-0.3, -0.25) is 4.79 Å². The number of aryl methyl sites for hydroxylation is 1. The van der Waals surface area contributed by atoms with E-state index in [-0.39, 0.29) is 11.3 Å². The molecular weight excluding hydrogens is 235 g/mol. The molecule has 0 bridgehead atoms. The summed E-state index contributed by atoms with van der Waals surface area (Å²) < 4.78 is 24.0. The molecule has 0 N–H and O–H groups in total. The van der Waals surface area contributed by atoms with E-state index in [1.54, 1.807) is 12.1 Å². The Morgan fingerprint density at radius 2 is 2.11 bits per heavy atom. The van der Waals surface area contributed by atoms with Crippen molar-refractivity contribution < 1.29 is 18.3 Å². The zero-order valence-electron chi connectivity index (χ0n) is 10.2. The molecule has 18 heavy (non-hydrogen) atoms. The van der Waals surface area contributed by atoms with Gasteiger partial charge in [-0.2, -0.15) is 0 Å². The van der Waals surface area contributed by atoms with Crippen LogP contribution in [-0.2, 0) is 6.42 Å². The molecule has 1 aromatic carbocycles. The lowest BCUT2D eigenvalue weighted by Crippen LogP contribution is -2.06. The second-order valence-corrected chi connectivity index (χ2v) is 3.76. The highest BCUT2D eigenvalue weighted by Gasteiger charge is 2.20. The van der Waals surface area contributed by atoms with Gasteiger partial charge in [-0.1, -0.05) is 13.0 Å². The molecule has 0 aliphatic heterocycles. The number of ether oxygens (including phenoxy) is 1. The highest BCUT2D eigenvalue weighted by molar-refractivity contribution is 6.10. The Kier molecular flexibility index (Phi) is 3.46. The van der Waals surface area contributed by atoms with Crippen molar-refractivity contribution >= 4 is 5.78 Å². The van der Waals surface area contributed by atoms with E-state index < -0.39 is 11.6 Å². The highest BCUT2D eigenvalue weighted by Crippen LogP contribution is 2.24. The molecule has 0 atom stereocenters. The minimum Gasteiger partial charge on any atom is -0.494 e. The number of carbonyl (C=O) groups excluding carboxylic acids is 1. The average Bonchev–Trinajstić information content (AvgIpc) is 2.86. The zero-order chi connectivity index (χ0) is 13.1. The van der Waals surface area contributed by atoms with Crippen molar-refractivity contribution in [3.8, 4) is 5.75 Å². The minimum absolute atomic E-state index is 0.00884. The first-order valence-electron chi connectivity index (χ1n) is 5.62. The van der Waals surface area contributed by atoms with Gasteiger partial charge in [0.25, 0.3) is 0 Å². The van der Waals surface area contributed by atoms with Gasteiger partial charge in [-0.25, -0.2) is 4.39 Å². The molecule has 3 nitrogen and oxygen atoms in total. The Balaban J connectivity index is 2.47. The Hall–Kier alpha value is -2.10. The Bertz CT molecular complexity index is 572. The molecule has 2 aromatic rings. The summed E-state index contributed by atoms with van der Waals surface area (Å²) in [4.78, 5) is 12.2. The Morgan fingerprint density at radius 1 is 1.33 bits per heavy atom. The van der Waals surface area contributed by atoms with Crippen LogP contribution < -0.4 is 4.74 Å². The topological polar surface area (TPSA) is 39.4 Å². The smallest absolute Gasteiger partial charge is 0.199 e. The number of benzene rings is 1. The zero-order valence-corrected chi connectivity index (χ0v) is 10.2. The predicted octanol–water partition coefficient (Wildman–Crippen LogP) is 3.22. The lowest BCUT2D eigenvalue weighted by Gasteiger charge is -2.06. The molecule has 0 saturated heterocycles.